The van der Waals surface area contributed by atoms with Crippen LogP contribution in [0.5, 0.6) is 17.2 Å². The molecule has 0 radical (unpaired) electrons. The predicted octanol–water partition coefficient (Wildman–Crippen LogP) is -9.37. The number of aryl methyl sites for hydroxylation is 2. The Kier molecular flexibility index (Phi) is 49.1. The molecule has 87 heteroatoms. The zero-order valence-electron chi connectivity index (χ0n) is 68.7. The third-order valence-electron chi connectivity index (χ3n) is 18.7. The van der Waals surface area contributed by atoms with Crippen LogP contribution in [0.25, 0.3) is 0 Å². The summed E-state index contributed by atoms with van der Waals surface area (Å²) in [7, 11) is -183. The van der Waals surface area contributed by atoms with Gasteiger partial charge in [-0.2, -0.15) is 0 Å². The molecule has 0 unspecified atom stereocenters. The van der Waals surface area contributed by atoms with E-state index in [1.54, 1.807) is 80.9 Å². The van der Waals surface area contributed by atoms with Gasteiger partial charge in [-0.15, -0.1) is 0 Å². The summed E-state index contributed by atoms with van der Waals surface area (Å²) in [5.41, 5.74) is 4.02. The van der Waals surface area contributed by atoms with Crippen LogP contribution >= 0.6 is 0 Å². The number of rotatable bonds is 58. The molecule has 0 saturated heterocycles. The molecule has 0 amide bonds. The number of benzene rings is 4. The van der Waals surface area contributed by atoms with Crippen molar-refractivity contribution in [2.24, 2.45) is 0 Å². The first-order valence-corrected chi connectivity index (χ1v) is 137. The standard InChI is InChI=1S/C45H60O46Si41/c1-35(46)88-34-38-16-9-8-14-36(38)27-32-131(3,4)90-92-94(49)96(51)98(53)100(55)102(57)104(59)106(61)108(63)110(65)112(67)114(69)116(71)118(73)120(75)122(77)124(79)126(81)128(83)130(85)129(84)127(82)125(80)123(78)121(76)119(74)117(72)115(70)113(68)111(66)109(64)107(62)105(60)103(58)101(56)99(54)97(52)95(50)93(48)91-132(5,6)33-28-37-15-10-11-17-43(37)87-31-26-44(47)89-42-24-20-40(21-25-42)45(29-12-7-13-30-45)39-18-22-41(86-2)23-19-39/h8-11,14-25H,7,12-13,26-34,92H2,1-6H3. The largest absolute Gasteiger partial charge is 0.578 e. The maximum Gasteiger partial charge on any atom is 0.532 e. The van der Waals surface area contributed by atoms with E-state index >= 15 is 0 Å². The molecule has 1 fully saturated rings. The van der Waals surface area contributed by atoms with Crippen molar-refractivity contribution in [3.05, 3.63) is 125 Å². The zero-order valence-corrected chi connectivity index (χ0v) is 110. The fourth-order valence-corrected chi connectivity index (χ4v) is 469. The summed E-state index contributed by atoms with van der Waals surface area (Å²) in [5, 5.41) is 0. The summed E-state index contributed by atoms with van der Waals surface area (Å²) in [5.74, 6) is 0.258. The van der Waals surface area contributed by atoms with Gasteiger partial charge in [-0.1, -0.05) is 86.0 Å². The van der Waals surface area contributed by atoms with Crippen molar-refractivity contribution >= 4 is 332 Å². The maximum absolute atomic E-state index is 13.3. The summed E-state index contributed by atoms with van der Waals surface area (Å²) in [4.78, 5) is 24.3. The Labute approximate surface area is 794 Å². The highest BCUT2D eigenvalue weighted by atomic mass is 30.2. The van der Waals surface area contributed by atoms with Crippen LogP contribution in [0.3, 0.4) is 0 Å². The van der Waals surface area contributed by atoms with E-state index in [0.29, 0.717) is 35.1 Å². The van der Waals surface area contributed by atoms with Crippen LogP contribution < -0.4 is 14.2 Å². The summed E-state index contributed by atoms with van der Waals surface area (Å²) in [6.45, 7) is 7.45. The minimum absolute atomic E-state index is 0.0360. The molecule has 0 aliphatic heterocycles. The Balaban J connectivity index is 1.06. The van der Waals surface area contributed by atoms with Crippen LogP contribution in [0, 0.1) is 0 Å². The molecule has 0 heterocycles. The summed E-state index contributed by atoms with van der Waals surface area (Å²) in [6, 6.07) is 29.3. The van der Waals surface area contributed by atoms with Crippen molar-refractivity contribution < 1.29 is 206 Å². The second-order valence-corrected chi connectivity index (χ2v) is 224. The molecule has 1 saturated carbocycles. The average molecular weight is 2490 g/mol. The molecule has 4 aromatic rings. The Hall–Kier alpha value is -3.53. The van der Waals surface area contributed by atoms with Crippen molar-refractivity contribution in [1.82, 2.24) is 0 Å². The van der Waals surface area contributed by atoms with Crippen LogP contribution in [0.1, 0.15) is 73.3 Å². The van der Waals surface area contributed by atoms with Crippen LogP contribution in [-0.2, 0) is 217 Å². The van der Waals surface area contributed by atoms with Crippen molar-refractivity contribution in [1.29, 1.82) is 0 Å². The molecule has 4 aromatic carbocycles. The fraction of sp³-hybridized carbons (Fsp3) is 0.422. The zero-order chi connectivity index (χ0) is 100.0. The lowest BCUT2D eigenvalue weighted by molar-refractivity contribution is -0.142. The number of esters is 2. The van der Waals surface area contributed by atoms with Gasteiger partial charge in [0.2, 0.25) is 17.6 Å². The summed E-state index contributed by atoms with van der Waals surface area (Å²) in [6.07, 6.45) is 5.43. The van der Waals surface area contributed by atoms with Crippen LogP contribution in [0.2, 0.25) is 38.3 Å². The maximum atomic E-state index is 13.3. The van der Waals surface area contributed by atoms with E-state index in [4.69, 9.17) is 27.2 Å². The predicted molar refractivity (Wildman–Crippen MR) is 475 cm³/mol. The highest BCUT2D eigenvalue weighted by molar-refractivity contribution is 7.86. The highest BCUT2D eigenvalue weighted by Gasteiger charge is 2.61. The average Bonchev–Trinajstić information content (AvgIpc) is 0.774. The van der Waals surface area contributed by atoms with Gasteiger partial charge in [0.1, 0.15) is 23.9 Å². The van der Waals surface area contributed by atoms with Crippen molar-refractivity contribution in [2.45, 2.75) is 109 Å². The normalized spacial score (nSPS) is 11.8. The Morgan fingerprint density at radius 2 is 0.614 bits per heavy atom. The van der Waals surface area contributed by atoms with Crippen molar-refractivity contribution in [3.8, 4) is 17.2 Å². The van der Waals surface area contributed by atoms with Crippen LogP contribution in [0.15, 0.2) is 97.1 Å². The molecule has 0 bridgehead atoms. The van der Waals surface area contributed by atoms with E-state index < -0.39 is 332 Å². The Bertz CT molecular complexity index is 6130. The van der Waals surface area contributed by atoms with E-state index in [2.05, 4.69) is 12.1 Å². The first kappa shape index (κ1) is 119. The van der Waals surface area contributed by atoms with Gasteiger partial charge in [0.05, 0.1) is 20.1 Å². The minimum Gasteiger partial charge on any atom is -0.578 e. The lowest BCUT2D eigenvalue weighted by atomic mass is 9.65. The number of hydrogen-bond acceptors (Lipinski definition) is 46. The molecule has 680 valence electrons. The number of carbonyl (C=O) groups is 2. The third-order valence-corrected chi connectivity index (χ3v) is 326. The monoisotopic (exact) mass is 2480 g/mol. The van der Waals surface area contributed by atoms with Crippen LogP contribution in [0.4, 0.5) is 0 Å². The molecule has 5 rings (SSSR count). The number of ether oxygens (including phenoxy) is 4. The van der Waals surface area contributed by atoms with Gasteiger partial charge in [-0.3, -0.25) is 9.59 Å². The third kappa shape index (κ3) is 32.3. The molecule has 0 spiro atoms. The number of para-hydroxylation sites is 1. The first-order valence-electron chi connectivity index (χ1n) is 37.3. The molecule has 0 aromatic heterocycles. The quantitative estimate of drug-likeness (QED) is 0.0225. The van der Waals surface area contributed by atoms with E-state index in [0.717, 1.165) is 54.5 Å². The van der Waals surface area contributed by atoms with Gasteiger partial charge < -0.3 is 197 Å². The van der Waals surface area contributed by atoms with E-state index in [-0.39, 0.29) is 37.5 Å². The topological polar surface area (TPSA) is 738 Å². The molecule has 1 aliphatic rings. The molecule has 0 N–H and O–H groups in total. The second-order valence-electron chi connectivity index (χ2n) is 28.6. The number of methoxy groups -OCH3 is 1. The second kappa shape index (κ2) is 54.5. The Morgan fingerprint density at radius 3 is 0.939 bits per heavy atom. The smallest absolute Gasteiger partial charge is 0.532 e. The van der Waals surface area contributed by atoms with E-state index in [1.165, 1.54) is 20.0 Å². The van der Waals surface area contributed by atoms with E-state index in [9.17, 15) is 179 Å². The number of hydrogen-bond donors (Lipinski definition) is 0. The molecule has 1 aliphatic carbocycles. The lowest BCUT2D eigenvalue weighted by Crippen LogP contribution is -2.58. The van der Waals surface area contributed by atoms with Gasteiger partial charge in [-0.05, 0) is 122 Å². The van der Waals surface area contributed by atoms with E-state index in [1.807, 2.05) is 24.3 Å². The minimum atomic E-state index is -4.89. The van der Waals surface area contributed by atoms with Crippen LogP contribution in [-0.4, -0.2) is 346 Å². The fourth-order valence-electron chi connectivity index (χ4n) is 11.4. The van der Waals surface area contributed by atoms with Crippen molar-refractivity contribution in [2.75, 3.05) is 13.7 Å². The summed E-state index contributed by atoms with van der Waals surface area (Å²) >= 11 is 0. The van der Waals surface area contributed by atoms with Gasteiger partial charge >= 0.3 is 306 Å². The highest BCUT2D eigenvalue weighted by Crippen LogP contribution is 2.45. The SMILES string of the molecule is COc1ccc(C2(c3ccc(OC(=O)CCOc4ccccc4CC[Si](C)(C)O[Si](=O)[Si](=O)[Si](=O)[Si](=O)[Si](=O)[Si](=O)[Si](=O)[Si](=O)[Si](=O)[Si](=O)[Si](=O)[Si](=O)[Si](=O)[Si](=O)[Si](=O)[Si](=O)[Si](=O)[Si](=O)[Si](=O)[Si](=O)[Si](=O)[Si](=O)[Si](=O)[Si](=O)[Si](=O)[Si](=O)[Si](=O)[Si](=O)[Si](=O)[Si](=O)[Si](=O)[Si](=O)[Si](=O)[Si](=O)[Si](=O)[Si](=O)[Si](=O)[Si](=O)[SiH2]O[Si](C)(C)CCc4ccccc4COC(C)=O)cc3)CCCCC2)cc1. The molecule has 46 nitrogen and oxygen atoms in total. The number of carbonyl (C=O) groups excluding carboxylic acids is 2. The molecule has 132 heavy (non-hydrogen) atoms. The lowest BCUT2D eigenvalue weighted by Gasteiger charge is -2.38. The van der Waals surface area contributed by atoms with Gasteiger partial charge in [0.15, 0.2) is 8.32 Å². The summed E-state index contributed by atoms with van der Waals surface area (Å²) < 4.78 is 531. The van der Waals surface area contributed by atoms with Gasteiger partial charge in [-0.25, -0.2) is 0 Å². The molecular formula is C45H60O46Si41. The van der Waals surface area contributed by atoms with Gasteiger partial charge in [0.25, 0.3) is 0 Å². The molecule has 0 atom stereocenters. The molecular weight excluding hydrogens is 2430 g/mol. The first-order chi connectivity index (χ1) is 61.5. The van der Waals surface area contributed by atoms with Crippen molar-refractivity contribution in [3.63, 3.8) is 0 Å². The van der Waals surface area contributed by atoms with Gasteiger partial charge in [0, 0.05) is 12.3 Å². The Morgan fingerprint density at radius 1 is 0.333 bits per heavy atom.